The van der Waals surface area contributed by atoms with Crippen molar-refractivity contribution in [3.05, 3.63) is 0 Å². The summed E-state index contributed by atoms with van der Waals surface area (Å²) in [6.07, 6.45) is 4.00. The number of hydrogen-bond donors (Lipinski definition) is 2. The molecule has 0 spiro atoms. The standard InChI is InChI=1S/C10H20N2O2/c1-8(11)6-10(13)12-7-9-4-2-3-5-14-9/h8-9H,2-7,11H2,1H3,(H,12,13). The fourth-order valence-electron chi connectivity index (χ4n) is 1.56. The fourth-order valence-corrected chi connectivity index (χ4v) is 1.56. The molecule has 1 aliphatic rings. The van der Waals surface area contributed by atoms with E-state index in [0.29, 0.717) is 13.0 Å². The Labute approximate surface area is 85.2 Å². The maximum atomic E-state index is 11.2. The minimum atomic E-state index is -0.0673. The molecule has 14 heavy (non-hydrogen) atoms. The van der Waals surface area contributed by atoms with Gasteiger partial charge in [-0.25, -0.2) is 0 Å². The quantitative estimate of drug-likeness (QED) is 0.691. The molecule has 0 aromatic rings. The van der Waals surface area contributed by atoms with Gasteiger partial charge in [0.1, 0.15) is 0 Å². The van der Waals surface area contributed by atoms with Crippen molar-refractivity contribution in [3.63, 3.8) is 0 Å². The lowest BCUT2D eigenvalue weighted by Gasteiger charge is -2.22. The second-order valence-electron chi connectivity index (χ2n) is 3.97. The van der Waals surface area contributed by atoms with Crippen LogP contribution in [0.2, 0.25) is 0 Å². The highest BCUT2D eigenvalue weighted by Gasteiger charge is 2.14. The third-order valence-electron chi connectivity index (χ3n) is 2.31. The number of nitrogens with two attached hydrogens (primary N) is 1. The molecule has 0 radical (unpaired) electrons. The molecule has 1 amide bonds. The summed E-state index contributed by atoms with van der Waals surface area (Å²) in [5.74, 6) is 0.0224. The predicted molar refractivity (Wildman–Crippen MR) is 54.9 cm³/mol. The molecule has 1 rings (SSSR count). The highest BCUT2D eigenvalue weighted by atomic mass is 16.5. The minimum Gasteiger partial charge on any atom is -0.376 e. The van der Waals surface area contributed by atoms with E-state index in [0.717, 1.165) is 19.4 Å². The van der Waals surface area contributed by atoms with Gasteiger partial charge in [0.15, 0.2) is 0 Å². The Morgan fingerprint density at radius 3 is 3.00 bits per heavy atom. The van der Waals surface area contributed by atoms with Crippen molar-refractivity contribution < 1.29 is 9.53 Å². The summed E-state index contributed by atoms with van der Waals surface area (Å²) in [7, 11) is 0. The summed E-state index contributed by atoms with van der Waals surface area (Å²) < 4.78 is 5.49. The van der Waals surface area contributed by atoms with Gasteiger partial charge in [-0.3, -0.25) is 4.79 Å². The van der Waals surface area contributed by atoms with Gasteiger partial charge < -0.3 is 15.8 Å². The van der Waals surface area contributed by atoms with Crippen molar-refractivity contribution in [1.82, 2.24) is 5.32 Å². The molecule has 1 fully saturated rings. The maximum Gasteiger partial charge on any atom is 0.221 e. The normalized spacial score (nSPS) is 24.3. The molecular formula is C10H20N2O2. The first-order valence-electron chi connectivity index (χ1n) is 5.32. The van der Waals surface area contributed by atoms with E-state index in [2.05, 4.69) is 5.32 Å². The van der Waals surface area contributed by atoms with E-state index in [-0.39, 0.29) is 18.1 Å². The average molecular weight is 200 g/mol. The summed E-state index contributed by atoms with van der Waals surface area (Å²) in [6.45, 7) is 3.29. The topological polar surface area (TPSA) is 64.4 Å². The van der Waals surface area contributed by atoms with Gasteiger partial charge in [0.25, 0.3) is 0 Å². The SMILES string of the molecule is CC(N)CC(=O)NCC1CCCCO1. The van der Waals surface area contributed by atoms with Crippen LogP contribution >= 0.6 is 0 Å². The number of carbonyl (C=O) groups is 1. The van der Waals surface area contributed by atoms with Crippen LogP contribution < -0.4 is 11.1 Å². The molecule has 3 N–H and O–H groups in total. The van der Waals surface area contributed by atoms with E-state index in [4.69, 9.17) is 10.5 Å². The molecule has 2 atom stereocenters. The van der Waals surface area contributed by atoms with Gasteiger partial charge in [-0.1, -0.05) is 0 Å². The zero-order valence-corrected chi connectivity index (χ0v) is 8.79. The number of ether oxygens (including phenoxy) is 1. The van der Waals surface area contributed by atoms with Crippen LogP contribution in [0.3, 0.4) is 0 Å². The molecule has 4 nitrogen and oxygen atoms in total. The molecule has 1 saturated heterocycles. The highest BCUT2D eigenvalue weighted by molar-refractivity contribution is 5.76. The Hall–Kier alpha value is -0.610. The van der Waals surface area contributed by atoms with Crippen molar-refractivity contribution in [1.29, 1.82) is 0 Å². The van der Waals surface area contributed by atoms with E-state index < -0.39 is 0 Å². The smallest absolute Gasteiger partial charge is 0.221 e. The summed E-state index contributed by atoms with van der Waals surface area (Å²) in [6, 6.07) is -0.0673. The Kier molecular flexibility index (Phi) is 4.90. The van der Waals surface area contributed by atoms with Crippen LogP contribution in [0.1, 0.15) is 32.6 Å². The van der Waals surface area contributed by atoms with Gasteiger partial charge in [0, 0.05) is 25.6 Å². The largest absolute Gasteiger partial charge is 0.376 e. The molecule has 2 unspecified atom stereocenters. The van der Waals surface area contributed by atoms with Crippen LogP contribution in [-0.2, 0) is 9.53 Å². The van der Waals surface area contributed by atoms with Crippen LogP contribution in [-0.4, -0.2) is 31.2 Å². The molecule has 0 bridgehead atoms. The lowest BCUT2D eigenvalue weighted by Crippen LogP contribution is -2.37. The maximum absolute atomic E-state index is 11.2. The summed E-state index contributed by atoms with van der Waals surface area (Å²) in [5, 5.41) is 2.84. The predicted octanol–water partition coefficient (Wildman–Crippen LogP) is 0.409. The molecule has 0 aromatic heterocycles. The second-order valence-corrected chi connectivity index (χ2v) is 3.97. The van der Waals surface area contributed by atoms with Crippen LogP contribution in [0.15, 0.2) is 0 Å². The van der Waals surface area contributed by atoms with E-state index >= 15 is 0 Å². The molecule has 0 saturated carbocycles. The molecular weight excluding hydrogens is 180 g/mol. The van der Waals surface area contributed by atoms with Crippen molar-refractivity contribution in [2.24, 2.45) is 5.73 Å². The number of nitrogens with one attached hydrogen (secondary N) is 1. The zero-order valence-electron chi connectivity index (χ0n) is 8.79. The first-order chi connectivity index (χ1) is 6.68. The zero-order chi connectivity index (χ0) is 10.4. The van der Waals surface area contributed by atoms with Gasteiger partial charge in [0.2, 0.25) is 5.91 Å². The van der Waals surface area contributed by atoms with Crippen molar-refractivity contribution >= 4 is 5.91 Å². The molecule has 1 aliphatic heterocycles. The van der Waals surface area contributed by atoms with Crippen LogP contribution in [0.4, 0.5) is 0 Å². The lowest BCUT2D eigenvalue weighted by molar-refractivity contribution is -0.122. The Morgan fingerprint density at radius 2 is 2.43 bits per heavy atom. The van der Waals surface area contributed by atoms with Gasteiger partial charge in [0.05, 0.1) is 6.10 Å². The molecule has 1 heterocycles. The monoisotopic (exact) mass is 200 g/mol. The van der Waals surface area contributed by atoms with Crippen molar-refractivity contribution in [3.8, 4) is 0 Å². The van der Waals surface area contributed by atoms with Gasteiger partial charge >= 0.3 is 0 Å². The fraction of sp³-hybridized carbons (Fsp3) is 0.900. The van der Waals surface area contributed by atoms with E-state index in [1.807, 2.05) is 6.92 Å². The number of hydrogen-bond acceptors (Lipinski definition) is 3. The van der Waals surface area contributed by atoms with Crippen LogP contribution in [0.25, 0.3) is 0 Å². The summed E-state index contributed by atoms with van der Waals surface area (Å²) in [5.41, 5.74) is 5.51. The highest BCUT2D eigenvalue weighted by Crippen LogP contribution is 2.11. The second kappa shape index (κ2) is 5.98. The number of rotatable bonds is 4. The molecule has 0 aliphatic carbocycles. The van der Waals surface area contributed by atoms with Gasteiger partial charge in [-0.15, -0.1) is 0 Å². The Bertz CT molecular complexity index is 177. The summed E-state index contributed by atoms with van der Waals surface area (Å²) >= 11 is 0. The lowest BCUT2D eigenvalue weighted by atomic mass is 10.1. The molecule has 82 valence electrons. The van der Waals surface area contributed by atoms with Crippen LogP contribution in [0, 0.1) is 0 Å². The average Bonchev–Trinajstić information content (AvgIpc) is 2.15. The van der Waals surface area contributed by atoms with Gasteiger partial charge in [-0.05, 0) is 26.2 Å². The minimum absolute atomic E-state index is 0.0224. The number of amides is 1. The summed E-state index contributed by atoms with van der Waals surface area (Å²) in [4.78, 5) is 11.2. The number of carbonyl (C=O) groups excluding carboxylic acids is 1. The molecule has 4 heteroatoms. The van der Waals surface area contributed by atoms with Crippen molar-refractivity contribution in [2.75, 3.05) is 13.2 Å². The Morgan fingerprint density at radius 1 is 1.64 bits per heavy atom. The third kappa shape index (κ3) is 4.58. The first kappa shape index (κ1) is 11.5. The van der Waals surface area contributed by atoms with E-state index in [1.165, 1.54) is 6.42 Å². The van der Waals surface area contributed by atoms with E-state index in [1.54, 1.807) is 0 Å². The van der Waals surface area contributed by atoms with E-state index in [9.17, 15) is 4.79 Å². The van der Waals surface area contributed by atoms with Crippen LogP contribution in [0.5, 0.6) is 0 Å². The molecule has 0 aromatic carbocycles. The third-order valence-corrected chi connectivity index (χ3v) is 2.31. The Balaban J connectivity index is 2.09. The van der Waals surface area contributed by atoms with Crippen molar-refractivity contribution in [2.45, 2.75) is 44.8 Å². The first-order valence-corrected chi connectivity index (χ1v) is 5.32. The van der Waals surface area contributed by atoms with Gasteiger partial charge in [-0.2, -0.15) is 0 Å².